The number of hydrogen-bond acceptors (Lipinski definition) is 6. The van der Waals surface area contributed by atoms with Crippen LogP contribution in [0.5, 0.6) is 5.75 Å². The highest BCUT2D eigenvalue weighted by atomic mass is 32.2. The second-order valence-corrected chi connectivity index (χ2v) is 10.8. The first-order valence-corrected chi connectivity index (χ1v) is 12.2. The summed E-state index contributed by atoms with van der Waals surface area (Å²) in [6.07, 6.45) is -9.40. The zero-order chi connectivity index (χ0) is 26.0. The third-order valence-corrected chi connectivity index (χ3v) is 7.31. The molecule has 0 bridgehead atoms. The summed E-state index contributed by atoms with van der Waals surface area (Å²) in [7, 11) is -3.81. The molecule has 1 aromatic heterocycles. The molecule has 14 heteroatoms. The van der Waals surface area contributed by atoms with Crippen LogP contribution in [0.1, 0.15) is 35.2 Å². The van der Waals surface area contributed by atoms with E-state index in [2.05, 4.69) is 9.97 Å². The molecule has 7 nitrogen and oxygen atoms in total. The molecule has 4 rings (SSSR count). The summed E-state index contributed by atoms with van der Waals surface area (Å²) >= 11 is 0. The zero-order valence-corrected chi connectivity index (χ0v) is 19.1. The molecule has 3 unspecified atom stereocenters. The molecule has 1 aliphatic heterocycles. The van der Waals surface area contributed by atoms with E-state index in [0.717, 1.165) is 43.6 Å². The van der Waals surface area contributed by atoms with Crippen molar-refractivity contribution in [3.63, 3.8) is 0 Å². The second-order valence-electron chi connectivity index (χ2n) is 8.74. The molecule has 35 heavy (non-hydrogen) atoms. The van der Waals surface area contributed by atoms with Crippen LogP contribution in [-0.4, -0.2) is 60.8 Å². The van der Waals surface area contributed by atoms with Crippen LogP contribution in [-0.2, 0) is 21.4 Å². The van der Waals surface area contributed by atoms with E-state index < -0.39 is 56.6 Å². The number of benzene rings is 1. The average Bonchev–Trinajstić information content (AvgIpc) is 3.32. The quantitative estimate of drug-likeness (QED) is 0.556. The first kappa shape index (κ1) is 25.2. The molecule has 1 amide bonds. The summed E-state index contributed by atoms with van der Waals surface area (Å²) < 4.78 is 107. The number of likely N-dealkylation sites (tertiary alicyclic amines) is 1. The van der Waals surface area contributed by atoms with Gasteiger partial charge in [0.1, 0.15) is 17.3 Å². The normalized spacial score (nSPS) is 23.1. The number of halogens is 6. The van der Waals surface area contributed by atoms with Gasteiger partial charge in [-0.25, -0.2) is 18.4 Å². The minimum atomic E-state index is -4.74. The van der Waals surface area contributed by atoms with Gasteiger partial charge in [-0.15, -0.1) is 0 Å². The van der Waals surface area contributed by atoms with Gasteiger partial charge in [0, 0.05) is 25.5 Å². The first-order chi connectivity index (χ1) is 16.0. The Hall–Kier alpha value is -2.90. The van der Waals surface area contributed by atoms with Crippen molar-refractivity contribution in [2.24, 2.45) is 5.92 Å². The molecule has 3 atom stereocenters. The Kier molecular flexibility index (Phi) is 5.81. The molecule has 0 radical (unpaired) electrons. The number of hydrogen-bond donors (Lipinski definition) is 0. The standard InChI is InChI=1S/C21H19F6N3O4S/c1-11(20(22,23)24)34-15-4-3-13(35(2,32)33)7-14(15)17(31)30-9-12-8-19(12,10-30)18-28-6-5-16(29-18)21(25,26)27/h3-7,11-12H,8-10H2,1-2H3. The molecular formula is C21H19F6N3O4S. The summed E-state index contributed by atoms with van der Waals surface area (Å²) in [5.41, 5.74) is -2.43. The number of carbonyl (C=O) groups excluding carboxylic acids is 1. The van der Waals surface area contributed by atoms with Crippen LogP contribution in [0.3, 0.4) is 0 Å². The third kappa shape index (κ3) is 4.80. The Balaban J connectivity index is 1.65. The van der Waals surface area contributed by atoms with Gasteiger partial charge in [-0.05, 0) is 43.5 Å². The van der Waals surface area contributed by atoms with Gasteiger partial charge in [0.2, 0.25) is 0 Å². The number of carbonyl (C=O) groups is 1. The lowest BCUT2D eigenvalue weighted by Gasteiger charge is -2.24. The highest BCUT2D eigenvalue weighted by Gasteiger charge is 2.64. The molecule has 2 aliphatic rings. The van der Waals surface area contributed by atoms with E-state index in [9.17, 15) is 39.6 Å². The molecule has 1 aromatic carbocycles. The number of nitrogens with zero attached hydrogens (tertiary/aromatic N) is 3. The summed E-state index contributed by atoms with van der Waals surface area (Å²) in [6.45, 7) is 0.759. The van der Waals surface area contributed by atoms with Gasteiger partial charge in [-0.1, -0.05) is 0 Å². The SMILES string of the molecule is CC(Oc1ccc(S(C)(=O)=O)cc1C(=O)N1CC2CC2(c2nccc(C(F)(F)F)n2)C1)C(F)(F)F. The van der Waals surface area contributed by atoms with Crippen LogP contribution in [0, 0.1) is 5.92 Å². The molecule has 1 saturated carbocycles. The van der Waals surface area contributed by atoms with Crippen molar-refractivity contribution in [1.82, 2.24) is 14.9 Å². The Morgan fingerprint density at radius 2 is 1.89 bits per heavy atom. The molecule has 2 aromatic rings. The van der Waals surface area contributed by atoms with E-state index in [-0.39, 0.29) is 29.7 Å². The Morgan fingerprint density at radius 3 is 2.49 bits per heavy atom. The molecule has 0 spiro atoms. The first-order valence-electron chi connectivity index (χ1n) is 10.3. The summed E-state index contributed by atoms with van der Waals surface area (Å²) in [4.78, 5) is 21.8. The molecular weight excluding hydrogens is 504 g/mol. The van der Waals surface area contributed by atoms with E-state index in [1.807, 2.05) is 0 Å². The minimum absolute atomic E-state index is 0.0697. The molecule has 2 heterocycles. The van der Waals surface area contributed by atoms with E-state index in [4.69, 9.17) is 4.74 Å². The van der Waals surface area contributed by atoms with Crippen molar-refractivity contribution in [3.8, 4) is 5.75 Å². The largest absolute Gasteiger partial charge is 0.480 e. The number of sulfone groups is 1. The Labute approximate surface area is 196 Å². The van der Waals surface area contributed by atoms with E-state index in [1.54, 1.807) is 0 Å². The maximum Gasteiger partial charge on any atom is 0.433 e. The topological polar surface area (TPSA) is 89.5 Å². The van der Waals surface area contributed by atoms with Crippen LogP contribution in [0.2, 0.25) is 0 Å². The van der Waals surface area contributed by atoms with Crippen LogP contribution in [0.4, 0.5) is 26.3 Å². The van der Waals surface area contributed by atoms with Gasteiger partial charge in [0.25, 0.3) is 5.91 Å². The van der Waals surface area contributed by atoms with Crippen molar-refractivity contribution in [1.29, 1.82) is 0 Å². The second kappa shape index (κ2) is 8.07. The smallest absolute Gasteiger partial charge is 0.433 e. The number of amides is 1. The Morgan fingerprint density at radius 1 is 1.20 bits per heavy atom. The Bertz CT molecular complexity index is 1280. The summed E-state index contributed by atoms with van der Waals surface area (Å²) in [5, 5.41) is 0. The van der Waals surface area contributed by atoms with Crippen molar-refractivity contribution in [3.05, 3.63) is 47.5 Å². The molecule has 2 fully saturated rings. The van der Waals surface area contributed by atoms with Crippen molar-refractivity contribution < 1.29 is 44.3 Å². The van der Waals surface area contributed by atoms with E-state index >= 15 is 0 Å². The number of alkyl halides is 6. The van der Waals surface area contributed by atoms with Gasteiger partial charge in [0.05, 0.1) is 15.9 Å². The molecule has 1 saturated heterocycles. The van der Waals surface area contributed by atoms with Crippen molar-refractivity contribution in [2.75, 3.05) is 19.3 Å². The van der Waals surface area contributed by atoms with Crippen molar-refractivity contribution >= 4 is 15.7 Å². The van der Waals surface area contributed by atoms with Gasteiger partial charge in [0.15, 0.2) is 15.9 Å². The van der Waals surface area contributed by atoms with Crippen LogP contribution >= 0.6 is 0 Å². The molecule has 1 aliphatic carbocycles. The predicted molar refractivity (Wildman–Crippen MR) is 108 cm³/mol. The average molecular weight is 523 g/mol. The lowest BCUT2D eigenvalue weighted by Crippen LogP contribution is -2.35. The molecule has 0 N–H and O–H groups in total. The fourth-order valence-corrected chi connectivity index (χ4v) is 4.83. The fourth-order valence-electron chi connectivity index (χ4n) is 4.18. The van der Waals surface area contributed by atoms with E-state index in [0.29, 0.717) is 6.42 Å². The fraction of sp³-hybridized carbons (Fsp3) is 0.476. The summed E-state index contributed by atoms with van der Waals surface area (Å²) in [6, 6.07) is 3.68. The van der Waals surface area contributed by atoms with Crippen LogP contribution in [0.15, 0.2) is 35.4 Å². The van der Waals surface area contributed by atoms with Gasteiger partial charge >= 0.3 is 12.4 Å². The summed E-state index contributed by atoms with van der Waals surface area (Å²) in [5.74, 6) is -1.58. The number of piperidine rings is 1. The van der Waals surface area contributed by atoms with Gasteiger partial charge < -0.3 is 9.64 Å². The number of ether oxygens (including phenoxy) is 1. The number of rotatable bonds is 5. The highest BCUT2D eigenvalue weighted by molar-refractivity contribution is 7.90. The lowest BCUT2D eigenvalue weighted by atomic mass is 10.1. The van der Waals surface area contributed by atoms with Gasteiger partial charge in [-0.2, -0.15) is 26.3 Å². The number of aromatic nitrogens is 2. The van der Waals surface area contributed by atoms with E-state index in [1.165, 1.54) is 4.90 Å². The lowest BCUT2D eigenvalue weighted by molar-refractivity contribution is -0.189. The third-order valence-electron chi connectivity index (χ3n) is 6.20. The predicted octanol–water partition coefficient (Wildman–Crippen LogP) is 3.64. The van der Waals surface area contributed by atoms with Gasteiger partial charge in [-0.3, -0.25) is 4.79 Å². The monoisotopic (exact) mass is 523 g/mol. The maximum absolute atomic E-state index is 13.3. The van der Waals surface area contributed by atoms with Crippen LogP contribution < -0.4 is 4.74 Å². The maximum atomic E-state index is 13.3. The number of fused-ring (bicyclic) bond motifs is 1. The highest BCUT2D eigenvalue weighted by Crippen LogP contribution is 2.58. The minimum Gasteiger partial charge on any atom is -0.480 e. The zero-order valence-electron chi connectivity index (χ0n) is 18.3. The van der Waals surface area contributed by atoms with Crippen LogP contribution in [0.25, 0.3) is 0 Å². The van der Waals surface area contributed by atoms with Crippen molar-refractivity contribution in [2.45, 2.75) is 42.1 Å². The molecule has 190 valence electrons.